The number of halogens is 1. The number of aryl methyl sites for hydroxylation is 1. The topological polar surface area (TPSA) is 56.7 Å². The van der Waals surface area contributed by atoms with Gasteiger partial charge in [-0.2, -0.15) is 0 Å². The van der Waals surface area contributed by atoms with Gasteiger partial charge in [0.05, 0.1) is 5.69 Å². The summed E-state index contributed by atoms with van der Waals surface area (Å²) in [7, 11) is 0. The van der Waals surface area contributed by atoms with E-state index in [1.54, 1.807) is 11.8 Å². The molecule has 0 saturated carbocycles. The summed E-state index contributed by atoms with van der Waals surface area (Å²) in [6.07, 6.45) is 0. The van der Waals surface area contributed by atoms with Gasteiger partial charge in [-0.15, -0.1) is 10.2 Å². The maximum absolute atomic E-state index is 5.93. The van der Waals surface area contributed by atoms with Gasteiger partial charge in [0.25, 0.3) is 0 Å². The van der Waals surface area contributed by atoms with Crippen LogP contribution < -0.4 is 0 Å². The standard InChI is InChI=1S/C15H15ClN4OS/c1-3-20-14(11-4-6-12(16)7-5-11)17-18-15(20)22-9-13-8-10(2)21-19-13/h4-8H,3,9H2,1-2H3. The van der Waals surface area contributed by atoms with Gasteiger partial charge in [-0.25, -0.2) is 0 Å². The fourth-order valence-corrected chi connectivity index (χ4v) is 3.13. The predicted octanol–water partition coefficient (Wildman–Crippen LogP) is 4.21. The highest BCUT2D eigenvalue weighted by Gasteiger charge is 2.14. The SMILES string of the molecule is CCn1c(SCc2cc(C)on2)nnc1-c1ccc(Cl)cc1. The van der Waals surface area contributed by atoms with E-state index in [0.29, 0.717) is 10.8 Å². The lowest BCUT2D eigenvalue weighted by atomic mass is 10.2. The molecule has 0 aliphatic carbocycles. The minimum Gasteiger partial charge on any atom is -0.361 e. The Balaban J connectivity index is 1.82. The maximum Gasteiger partial charge on any atom is 0.191 e. The zero-order chi connectivity index (χ0) is 15.5. The fourth-order valence-electron chi connectivity index (χ4n) is 2.12. The van der Waals surface area contributed by atoms with E-state index in [9.17, 15) is 0 Å². The molecule has 0 atom stereocenters. The van der Waals surface area contributed by atoms with Gasteiger partial charge in [0.15, 0.2) is 11.0 Å². The van der Waals surface area contributed by atoms with Gasteiger partial charge in [0.2, 0.25) is 0 Å². The zero-order valence-corrected chi connectivity index (χ0v) is 13.9. The molecule has 0 radical (unpaired) electrons. The molecule has 0 bridgehead atoms. The van der Waals surface area contributed by atoms with E-state index in [0.717, 1.165) is 34.5 Å². The van der Waals surface area contributed by atoms with Crippen molar-refractivity contribution in [3.8, 4) is 11.4 Å². The molecule has 0 amide bonds. The lowest BCUT2D eigenvalue weighted by molar-refractivity contribution is 0.393. The van der Waals surface area contributed by atoms with E-state index in [1.807, 2.05) is 37.3 Å². The summed E-state index contributed by atoms with van der Waals surface area (Å²) in [5.41, 5.74) is 1.91. The molecule has 0 aliphatic heterocycles. The molecule has 7 heteroatoms. The number of aromatic nitrogens is 4. The van der Waals surface area contributed by atoms with Crippen LogP contribution in [-0.4, -0.2) is 19.9 Å². The summed E-state index contributed by atoms with van der Waals surface area (Å²) in [5.74, 6) is 2.36. The number of thioether (sulfide) groups is 1. The second-order valence-electron chi connectivity index (χ2n) is 4.77. The van der Waals surface area contributed by atoms with Crippen molar-refractivity contribution in [2.45, 2.75) is 31.3 Å². The van der Waals surface area contributed by atoms with Crippen LogP contribution in [0, 0.1) is 6.92 Å². The van der Waals surface area contributed by atoms with Crippen molar-refractivity contribution >= 4 is 23.4 Å². The molecule has 22 heavy (non-hydrogen) atoms. The molecule has 0 aliphatic rings. The highest BCUT2D eigenvalue weighted by Crippen LogP contribution is 2.26. The predicted molar refractivity (Wildman–Crippen MR) is 86.9 cm³/mol. The Morgan fingerprint density at radius 2 is 2.00 bits per heavy atom. The third-order valence-corrected chi connectivity index (χ3v) is 4.41. The van der Waals surface area contributed by atoms with E-state index in [4.69, 9.17) is 16.1 Å². The first-order valence-electron chi connectivity index (χ1n) is 6.91. The Morgan fingerprint density at radius 3 is 2.64 bits per heavy atom. The van der Waals surface area contributed by atoms with Gasteiger partial charge in [0.1, 0.15) is 5.76 Å². The lowest BCUT2D eigenvalue weighted by Gasteiger charge is -2.06. The summed E-state index contributed by atoms with van der Waals surface area (Å²) in [6.45, 7) is 4.76. The van der Waals surface area contributed by atoms with E-state index in [1.165, 1.54) is 0 Å². The van der Waals surface area contributed by atoms with E-state index < -0.39 is 0 Å². The highest BCUT2D eigenvalue weighted by molar-refractivity contribution is 7.98. The van der Waals surface area contributed by atoms with Crippen LogP contribution in [0.5, 0.6) is 0 Å². The quantitative estimate of drug-likeness (QED) is 0.654. The Labute approximate surface area is 137 Å². The van der Waals surface area contributed by atoms with Crippen LogP contribution >= 0.6 is 23.4 Å². The molecular weight excluding hydrogens is 320 g/mol. The van der Waals surface area contributed by atoms with Crippen molar-refractivity contribution in [2.24, 2.45) is 0 Å². The maximum atomic E-state index is 5.93. The third-order valence-electron chi connectivity index (χ3n) is 3.16. The van der Waals surface area contributed by atoms with E-state index in [-0.39, 0.29) is 0 Å². The molecule has 0 unspecified atom stereocenters. The molecular formula is C15H15ClN4OS. The van der Waals surface area contributed by atoms with Gasteiger partial charge in [-0.05, 0) is 38.1 Å². The van der Waals surface area contributed by atoms with Crippen molar-refractivity contribution in [3.05, 3.63) is 46.8 Å². The number of hydrogen-bond acceptors (Lipinski definition) is 5. The monoisotopic (exact) mass is 334 g/mol. The average Bonchev–Trinajstić information content (AvgIpc) is 3.11. The van der Waals surface area contributed by atoms with E-state index >= 15 is 0 Å². The van der Waals surface area contributed by atoms with Crippen molar-refractivity contribution in [3.63, 3.8) is 0 Å². The number of benzene rings is 1. The van der Waals surface area contributed by atoms with Crippen LogP contribution in [-0.2, 0) is 12.3 Å². The largest absolute Gasteiger partial charge is 0.361 e. The van der Waals surface area contributed by atoms with Gasteiger partial charge in [0, 0.05) is 29.0 Å². The molecule has 3 aromatic rings. The van der Waals surface area contributed by atoms with Crippen LogP contribution in [0.3, 0.4) is 0 Å². The highest BCUT2D eigenvalue weighted by atomic mass is 35.5. The zero-order valence-electron chi connectivity index (χ0n) is 12.3. The van der Waals surface area contributed by atoms with Crippen molar-refractivity contribution in [1.82, 2.24) is 19.9 Å². The van der Waals surface area contributed by atoms with Gasteiger partial charge >= 0.3 is 0 Å². The third kappa shape index (κ3) is 3.18. The first-order valence-corrected chi connectivity index (χ1v) is 8.28. The molecule has 2 aromatic heterocycles. The number of hydrogen-bond donors (Lipinski definition) is 0. The second-order valence-corrected chi connectivity index (χ2v) is 6.15. The summed E-state index contributed by atoms with van der Waals surface area (Å²) in [6, 6.07) is 9.55. The molecule has 0 fully saturated rings. The first-order chi connectivity index (χ1) is 10.7. The normalized spacial score (nSPS) is 11.0. The fraction of sp³-hybridized carbons (Fsp3) is 0.267. The number of nitrogens with zero attached hydrogens (tertiary/aromatic N) is 4. The summed E-state index contributed by atoms with van der Waals surface area (Å²) in [5, 5.41) is 14.2. The Bertz CT molecular complexity index is 766. The van der Waals surface area contributed by atoms with Crippen molar-refractivity contribution in [2.75, 3.05) is 0 Å². The van der Waals surface area contributed by atoms with Crippen molar-refractivity contribution in [1.29, 1.82) is 0 Å². The molecule has 1 aromatic carbocycles. The second kappa shape index (κ2) is 6.54. The van der Waals surface area contributed by atoms with Gasteiger partial charge in [-0.1, -0.05) is 28.5 Å². The summed E-state index contributed by atoms with van der Waals surface area (Å²) in [4.78, 5) is 0. The molecule has 5 nitrogen and oxygen atoms in total. The van der Waals surface area contributed by atoms with Crippen LogP contribution in [0.4, 0.5) is 0 Å². The molecule has 0 spiro atoms. The summed E-state index contributed by atoms with van der Waals surface area (Å²) < 4.78 is 7.16. The minimum absolute atomic E-state index is 0.704. The van der Waals surface area contributed by atoms with Gasteiger partial charge in [-0.3, -0.25) is 0 Å². The van der Waals surface area contributed by atoms with Crippen LogP contribution in [0.2, 0.25) is 5.02 Å². The number of rotatable bonds is 5. The Morgan fingerprint density at radius 1 is 1.23 bits per heavy atom. The van der Waals surface area contributed by atoms with Crippen molar-refractivity contribution < 1.29 is 4.52 Å². The van der Waals surface area contributed by atoms with E-state index in [2.05, 4.69) is 26.8 Å². The molecule has 3 rings (SSSR count). The van der Waals surface area contributed by atoms with Crippen LogP contribution in [0.15, 0.2) is 40.0 Å². The molecule has 114 valence electrons. The van der Waals surface area contributed by atoms with Crippen LogP contribution in [0.1, 0.15) is 18.4 Å². The smallest absolute Gasteiger partial charge is 0.191 e. The molecule has 0 N–H and O–H groups in total. The Hall–Kier alpha value is -1.79. The lowest BCUT2D eigenvalue weighted by Crippen LogP contribution is -1.99. The van der Waals surface area contributed by atoms with Gasteiger partial charge < -0.3 is 9.09 Å². The Kier molecular flexibility index (Phi) is 4.49. The minimum atomic E-state index is 0.704. The summed E-state index contributed by atoms with van der Waals surface area (Å²) >= 11 is 7.53. The van der Waals surface area contributed by atoms with Crippen LogP contribution in [0.25, 0.3) is 11.4 Å². The molecule has 0 saturated heterocycles. The average molecular weight is 335 g/mol. The first kappa shape index (κ1) is 15.1. The molecule has 2 heterocycles.